The number of benzene rings is 1. The molecule has 0 atom stereocenters. The molecule has 9 nitrogen and oxygen atoms in total. The number of carbonyl (C=O) groups excluding carboxylic acids is 2. The predicted molar refractivity (Wildman–Crippen MR) is 124 cm³/mol. The minimum absolute atomic E-state index is 0.274. The summed E-state index contributed by atoms with van der Waals surface area (Å²) >= 11 is 0. The van der Waals surface area contributed by atoms with Crippen LogP contribution in [0.3, 0.4) is 0 Å². The zero-order chi connectivity index (χ0) is 22.6. The van der Waals surface area contributed by atoms with Crippen LogP contribution in [0.4, 0.5) is 16.4 Å². The lowest BCUT2D eigenvalue weighted by atomic mass is 10.2. The Morgan fingerprint density at radius 1 is 0.879 bits per heavy atom. The van der Waals surface area contributed by atoms with Crippen LogP contribution >= 0.6 is 0 Å². The fourth-order valence-corrected chi connectivity index (χ4v) is 3.98. The van der Waals surface area contributed by atoms with Gasteiger partial charge in [-0.2, -0.15) is 0 Å². The lowest BCUT2D eigenvalue weighted by Gasteiger charge is -2.36. The smallest absolute Gasteiger partial charge is 0.329 e. The monoisotopic (exact) mass is 441 g/mol. The van der Waals surface area contributed by atoms with Crippen molar-refractivity contribution in [1.29, 1.82) is 0 Å². The maximum Gasteiger partial charge on any atom is 0.329 e. The molecule has 0 aliphatic carbocycles. The third kappa shape index (κ3) is 4.52. The molecular formula is C24H23N7O2. The van der Waals surface area contributed by atoms with Gasteiger partial charge in [0.05, 0.1) is 12.2 Å². The molecule has 33 heavy (non-hydrogen) atoms. The van der Waals surface area contributed by atoms with Crippen molar-refractivity contribution < 1.29 is 9.59 Å². The summed E-state index contributed by atoms with van der Waals surface area (Å²) in [5.41, 5.74) is 2.94. The molecule has 1 aromatic carbocycles. The lowest BCUT2D eigenvalue weighted by molar-refractivity contribution is -0.116. The van der Waals surface area contributed by atoms with E-state index in [4.69, 9.17) is 0 Å². The molecule has 0 saturated carbocycles. The highest BCUT2D eigenvalue weighted by Gasteiger charge is 2.33. The van der Waals surface area contributed by atoms with Crippen LogP contribution in [0.5, 0.6) is 0 Å². The van der Waals surface area contributed by atoms with Crippen LogP contribution in [0.1, 0.15) is 11.3 Å². The number of nitrogens with zero attached hydrogens (tertiary/aromatic N) is 6. The molecule has 0 unspecified atom stereocenters. The van der Waals surface area contributed by atoms with Crippen molar-refractivity contribution in [2.45, 2.75) is 6.54 Å². The number of carbonyl (C=O) groups is 2. The van der Waals surface area contributed by atoms with Crippen LogP contribution in [0, 0.1) is 0 Å². The van der Waals surface area contributed by atoms with Crippen molar-refractivity contribution >= 4 is 29.7 Å². The number of nitrogens with one attached hydrogen (secondary N) is 1. The lowest BCUT2D eigenvalue weighted by Crippen LogP contribution is -2.47. The summed E-state index contributed by atoms with van der Waals surface area (Å²) in [7, 11) is 0. The molecule has 5 rings (SSSR count). The molecule has 2 saturated heterocycles. The number of piperazine rings is 1. The molecular weight excluding hydrogens is 418 g/mol. The molecule has 166 valence electrons. The van der Waals surface area contributed by atoms with Gasteiger partial charge in [0.1, 0.15) is 5.70 Å². The SMILES string of the molecule is O=C1NC(=O)N(Cc2ccccc2)C1=Cc1ccnc(N2CCN(c3ccncc3)CC2)n1. The minimum Gasteiger partial charge on any atom is -0.368 e. The molecule has 2 fully saturated rings. The van der Waals surface area contributed by atoms with Gasteiger partial charge in [-0.05, 0) is 29.8 Å². The van der Waals surface area contributed by atoms with Gasteiger partial charge < -0.3 is 9.80 Å². The second kappa shape index (κ2) is 9.07. The van der Waals surface area contributed by atoms with Crippen LogP contribution in [-0.2, 0) is 11.3 Å². The fourth-order valence-electron chi connectivity index (χ4n) is 3.98. The molecule has 2 aromatic heterocycles. The minimum atomic E-state index is -0.434. The van der Waals surface area contributed by atoms with Gasteiger partial charge in [-0.25, -0.2) is 14.8 Å². The van der Waals surface area contributed by atoms with E-state index in [1.54, 1.807) is 30.7 Å². The fraction of sp³-hybridized carbons (Fsp3) is 0.208. The third-order valence-corrected chi connectivity index (χ3v) is 5.71. The Morgan fingerprint density at radius 3 is 2.36 bits per heavy atom. The van der Waals surface area contributed by atoms with E-state index in [2.05, 4.69) is 30.1 Å². The number of hydrogen-bond donors (Lipinski definition) is 1. The van der Waals surface area contributed by atoms with E-state index >= 15 is 0 Å². The Morgan fingerprint density at radius 2 is 1.61 bits per heavy atom. The number of hydrogen-bond acceptors (Lipinski definition) is 7. The van der Waals surface area contributed by atoms with Crippen molar-refractivity contribution in [1.82, 2.24) is 25.2 Å². The van der Waals surface area contributed by atoms with Crippen LogP contribution in [0.25, 0.3) is 6.08 Å². The Balaban J connectivity index is 1.32. The number of imide groups is 1. The molecule has 2 aliphatic heterocycles. The highest BCUT2D eigenvalue weighted by Crippen LogP contribution is 2.21. The summed E-state index contributed by atoms with van der Waals surface area (Å²) in [6.07, 6.45) is 6.92. The van der Waals surface area contributed by atoms with E-state index in [-0.39, 0.29) is 5.70 Å². The zero-order valence-electron chi connectivity index (χ0n) is 18.0. The van der Waals surface area contributed by atoms with Gasteiger partial charge in [0.25, 0.3) is 5.91 Å². The quantitative estimate of drug-likeness (QED) is 0.480. The zero-order valence-corrected chi connectivity index (χ0v) is 18.0. The molecule has 9 heteroatoms. The first-order valence-corrected chi connectivity index (χ1v) is 10.8. The van der Waals surface area contributed by atoms with Gasteiger partial charge in [-0.15, -0.1) is 0 Å². The van der Waals surface area contributed by atoms with Crippen LogP contribution < -0.4 is 15.1 Å². The maximum absolute atomic E-state index is 12.4. The maximum atomic E-state index is 12.4. The summed E-state index contributed by atoms with van der Waals surface area (Å²) in [6.45, 7) is 3.56. The Bertz CT molecular complexity index is 1180. The molecule has 0 bridgehead atoms. The normalized spacial score (nSPS) is 17.6. The number of urea groups is 1. The highest BCUT2D eigenvalue weighted by molar-refractivity contribution is 6.13. The molecule has 0 spiro atoms. The summed E-state index contributed by atoms with van der Waals surface area (Å²) in [5.74, 6) is 0.181. The van der Waals surface area contributed by atoms with E-state index in [9.17, 15) is 9.59 Å². The van der Waals surface area contributed by atoms with Crippen molar-refractivity contribution in [2.75, 3.05) is 36.0 Å². The van der Waals surface area contributed by atoms with Gasteiger partial charge in [0.2, 0.25) is 5.95 Å². The van der Waals surface area contributed by atoms with Crippen molar-refractivity contribution in [2.24, 2.45) is 0 Å². The number of rotatable bonds is 5. The van der Waals surface area contributed by atoms with Gasteiger partial charge in [-0.1, -0.05) is 30.3 Å². The van der Waals surface area contributed by atoms with Crippen molar-refractivity contribution in [3.8, 4) is 0 Å². The van der Waals surface area contributed by atoms with Gasteiger partial charge >= 0.3 is 6.03 Å². The largest absolute Gasteiger partial charge is 0.368 e. The van der Waals surface area contributed by atoms with Crippen LogP contribution in [0.2, 0.25) is 0 Å². The van der Waals surface area contributed by atoms with E-state index in [1.807, 2.05) is 42.5 Å². The topological polar surface area (TPSA) is 94.6 Å². The average Bonchev–Trinajstić information content (AvgIpc) is 3.12. The highest BCUT2D eigenvalue weighted by atomic mass is 16.2. The number of aromatic nitrogens is 3. The second-order valence-corrected chi connectivity index (χ2v) is 7.82. The van der Waals surface area contributed by atoms with Crippen LogP contribution in [0.15, 0.2) is 72.8 Å². The molecule has 3 amide bonds. The van der Waals surface area contributed by atoms with Gasteiger partial charge in [-0.3, -0.25) is 20.0 Å². The molecule has 2 aliphatic rings. The Kier molecular flexibility index (Phi) is 5.67. The van der Waals surface area contributed by atoms with E-state index in [0.717, 1.165) is 37.4 Å². The molecule has 0 radical (unpaired) electrons. The van der Waals surface area contributed by atoms with Gasteiger partial charge in [0.15, 0.2) is 0 Å². The number of pyridine rings is 1. The van der Waals surface area contributed by atoms with E-state index in [0.29, 0.717) is 18.2 Å². The van der Waals surface area contributed by atoms with Crippen molar-refractivity contribution in [3.05, 3.63) is 84.1 Å². The number of anilines is 2. The summed E-state index contributed by atoms with van der Waals surface area (Å²) in [6, 6.07) is 14.9. The van der Waals surface area contributed by atoms with E-state index < -0.39 is 11.9 Å². The summed E-state index contributed by atoms with van der Waals surface area (Å²) in [5, 5.41) is 2.37. The first-order chi connectivity index (χ1) is 16.2. The standard InChI is InChI=1S/C24H23N7O2/c32-22-21(31(24(33)28-22)17-18-4-2-1-3-5-18)16-19-6-11-26-23(27-19)30-14-12-29(13-15-30)20-7-9-25-10-8-20/h1-11,16H,12-15,17H2,(H,28,32,33). The molecule has 4 heterocycles. The van der Waals surface area contributed by atoms with E-state index in [1.165, 1.54) is 4.90 Å². The van der Waals surface area contributed by atoms with Crippen LogP contribution in [-0.4, -0.2) is 58.0 Å². The molecule has 1 N–H and O–H groups in total. The second-order valence-electron chi connectivity index (χ2n) is 7.82. The van der Waals surface area contributed by atoms with Crippen molar-refractivity contribution in [3.63, 3.8) is 0 Å². The predicted octanol–water partition coefficient (Wildman–Crippen LogP) is 2.29. The Hall–Kier alpha value is -4.27. The third-order valence-electron chi connectivity index (χ3n) is 5.71. The summed E-state index contributed by atoms with van der Waals surface area (Å²) in [4.78, 5) is 43.8. The Labute approximate surface area is 191 Å². The number of amides is 3. The van der Waals surface area contributed by atoms with Gasteiger partial charge in [0, 0.05) is 50.5 Å². The molecule has 3 aromatic rings. The first-order valence-electron chi connectivity index (χ1n) is 10.8. The average molecular weight is 441 g/mol. The summed E-state index contributed by atoms with van der Waals surface area (Å²) < 4.78 is 0. The first kappa shape index (κ1) is 20.6.